The number of benzene rings is 1. The Labute approximate surface area is 132 Å². The average Bonchev–Trinajstić information content (AvgIpc) is 2.30. The number of carbonyl (C=O) groups excluding carboxylic acids is 1. The van der Waals surface area contributed by atoms with Gasteiger partial charge in [-0.15, -0.1) is 0 Å². The third-order valence-corrected chi connectivity index (χ3v) is 3.82. The highest BCUT2D eigenvalue weighted by molar-refractivity contribution is 9.39. The first-order chi connectivity index (χ1) is 8.36. The lowest BCUT2D eigenvalue weighted by Gasteiger charge is -2.24. The van der Waals surface area contributed by atoms with Gasteiger partial charge in [-0.05, 0) is 12.0 Å². The van der Waals surface area contributed by atoms with Crippen LogP contribution in [0.5, 0.6) is 0 Å². The summed E-state index contributed by atoms with van der Waals surface area (Å²) in [7, 11) is 0. The fraction of sp³-hybridized carbons (Fsp3) is 0.417. The second-order valence-electron chi connectivity index (χ2n) is 3.82. The van der Waals surface area contributed by atoms with Crippen LogP contribution in [-0.4, -0.2) is 19.4 Å². The van der Waals surface area contributed by atoms with Crippen LogP contribution >= 0.6 is 47.8 Å². The maximum atomic E-state index is 12.1. The normalized spacial score (nSPS) is 14.9. The Morgan fingerprint density at radius 1 is 1.33 bits per heavy atom. The molecule has 3 nitrogen and oxygen atoms in total. The maximum Gasteiger partial charge on any atom is 0.229 e. The molecule has 0 saturated heterocycles. The van der Waals surface area contributed by atoms with Crippen molar-refractivity contribution < 1.29 is 9.90 Å². The molecule has 1 aromatic rings. The fourth-order valence-electron chi connectivity index (χ4n) is 1.57. The molecule has 100 valence electrons. The summed E-state index contributed by atoms with van der Waals surface area (Å²) < 4.78 is -0.919. The van der Waals surface area contributed by atoms with Crippen LogP contribution < -0.4 is 5.32 Å². The van der Waals surface area contributed by atoms with E-state index in [0.29, 0.717) is 6.42 Å². The molecule has 1 aromatic carbocycles. The van der Waals surface area contributed by atoms with Gasteiger partial charge in [0.05, 0.1) is 5.92 Å². The molecule has 18 heavy (non-hydrogen) atoms. The van der Waals surface area contributed by atoms with Crippen molar-refractivity contribution in [3.8, 4) is 0 Å². The monoisotopic (exact) mass is 441 g/mol. The van der Waals surface area contributed by atoms with Gasteiger partial charge >= 0.3 is 0 Å². The summed E-state index contributed by atoms with van der Waals surface area (Å²) in [5.74, 6) is -0.477. The maximum absolute atomic E-state index is 12.1. The van der Waals surface area contributed by atoms with Crippen LogP contribution in [0.3, 0.4) is 0 Å². The highest BCUT2D eigenvalue weighted by Crippen LogP contribution is 2.36. The molecule has 0 aliphatic heterocycles. The summed E-state index contributed by atoms with van der Waals surface area (Å²) >= 11 is 9.50. The largest absolute Gasteiger partial charge is 0.370 e. The molecule has 1 amide bonds. The van der Waals surface area contributed by atoms with E-state index in [1.165, 1.54) is 0 Å². The second kappa shape index (κ2) is 7.03. The topological polar surface area (TPSA) is 49.3 Å². The van der Waals surface area contributed by atoms with Crippen molar-refractivity contribution in [2.75, 3.05) is 0 Å². The number of rotatable bonds is 4. The first kappa shape index (κ1) is 16.1. The van der Waals surface area contributed by atoms with E-state index >= 15 is 0 Å². The van der Waals surface area contributed by atoms with E-state index in [9.17, 15) is 9.90 Å². The molecule has 0 heterocycles. The highest BCUT2D eigenvalue weighted by Gasteiger charge is 2.32. The molecular weight excluding hydrogens is 430 g/mol. The summed E-state index contributed by atoms with van der Waals surface area (Å²) in [5.41, 5.74) is 0.939. The zero-order valence-corrected chi connectivity index (χ0v) is 14.5. The minimum atomic E-state index is -1.08. The number of hydrogen-bond donors (Lipinski definition) is 2. The Morgan fingerprint density at radius 3 is 2.33 bits per heavy atom. The molecule has 0 aliphatic carbocycles. The van der Waals surface area contributed by atoms with Crippen LogP contribution in [0, 0.1) is 0 Å². The third kappa shape index (κ3) is 4.64. The van der Waals surface area contributed by atoms with Gasteiger partial charge in [-0.3, -0.25) is 4.79 Å². The quantitative estimate of drug-likeness (QED) is 0.553. The lowest BCUT2D eigenvalue weighted by molar-refractivity contribution is -0.125. The lowest BCUT2D eigenvalue weighted by atomic mass is 9.96. The van der Waals surface area contributed by atoms with Gasteiger partial charge < -0.3 is 10.4 Å². The van der Waals surface area contributed by atoms with E-state index in [4.69, 9.17) is 0 Å². The molecular formula is C12H14Br3NO2. The molecule has 0 bridgehead atoms. The second-order valence-corrected chi connectivity index (χ2v) is 10.8. The van der Waals surface area contributed by atoms with E-state index < -0.39 is 8.37 Å². The number of hydrogen-bond acceptors (Lipinski definition) is 2. The van der Waals surface area contributed by atoms with Crippen molar-refractivity contribution in [1.29, 1.82) is 0 Å². The fourth-order valence-corrected chi connectivity index (χ4v) is 1.92. The molecule has 0 unspecified atom stereocenters. The number of alkyl halides is 3. The number of halogens is 3. The Balaban J connectivity index is 2.76. The minimum Gasteiger partial charge on any atom is -0.370 e. The molecule has 1 rings (SSSR count). The molecule has 0 aliphatic rings. The predicted molar refractivity (Wildman–Crippen MR) is 83.1 cm³/mol. The van der Waals surface area contributed by atoms with Gasteiger partial charge in [0.15, 0.2) is 8.37 Å². The molecule has 0 radical (unpaired) electrons. The Morgan fingerprint density at radius 2 is 1.89 bits per heavy atom. The van der Waals surface area contributed by atoms with Crippen LogP contribution in [0.15, 0.2) is 30.3 Å². The number of aliphatic hydroxyl groups excluding tert-OH is 1. The molecule has 2 N–H and O–H groups in total. The van der Waals surface area contributed by atoms with Gasteiger partial charge in [-0.2, -0.15) is 0 Å². The van der Waals surface area contributed by atoms with Gasteiger partial charge in [0.1, 0.15) is 0 Å². The molecule has 0 spiro atoms. The predicted octanol–water partition coefficient (Wildman–Crippen LogP) is 3.45. The van der Waals surface area contributed by atoms with Gasteiger partial charge in [-0.25, -0.2) is 0 Å². The molecule has 2 atom stereocenters. The summed E-state index contributed by atoms with van der Waals surface area (Å²) in [4.78, 5) is 12.1. The van der Waals surface area contributed by atoms with Crippen molar-refractivity contribution >= 4 is 53.7 Å². The standard InChI is InChI=1S/C12H14Br3NO2/c1-2-9(8-6-4-3-5-7-8)10(17)16-11(18)12(13,14)15/h3-7,9,11,18H,2H2,1H3,(H,16,17)/t9-,11+/m0/s1. The van der Waals surface area contributed by atoms with E-state index in [1.807, 2.05) is 37.3 Å². The van der Waals surface area contributed by atoms with Crippen LogP contribution in [0.1, 0.15) is 24.8 Å². The number of carbonyl (C=O) groups is 1. The Kier molecular flexibility index (Phi) is 6.30. The van der Waals surface area contributed by atoms with Crippen molar-refractivity contribution in [3.63, 3.8) is 0 Å². The van der Waals surface area contributed by atoms with Crippen LogP contribution in [0.4, 0.5) is 0 Å². The summed E-state index contributed by atoms with van der Waals surface area (Å²) in [6.07, 6.45) is -0.412. The van der Waals surface area contributed by atoms with Crippen molar-refractivity contribution in [2.24, 2.45) is 0 Å². The summed E-state index contributed by atoms with van der Waals surface area (Å²) in [6, 6.07) is 9.51. The number of amides is 1. The number of nitrogens with one attached hydrogen (secondary N) is 1. The number of aliphatic hydroxyl groups is 1. The van der Waals surface area contributed by atoms with Crippen molar-refractivity contribution in [1.82, 2.24) is 5.32 Å². The zero-order chi connectivity index (χ0) is 13.8. The van der Waals surface area contributed by atoms with E-state index in [1.54, 1.807) is 0 Å². The summed E-state index contributed by atoms with van der Waals surface area (Å²) in [6.45, 7) is 1.94. The first-order valence-electron chi connectivity index (χ1n) is 5.46. The first-order valence-corrected chi connectivity index (χ1v) is 7.84. The van der Waals surface area contributed by atoms with Crippen LogP contribution in [0.2, 0.25) is 0 Å². The van der Waals surface area contributed by atoms with E-state index in [0.717, 1.165) is 5.56 Å². The zero-order valence-electron chi connectivity index (χ0n) is 9.74. The summed E-state index contributed by atoms with van der Waals surface area (Å²) in [5, 5.41) is 12.3. The average molecular weight is 444 g/mol. The third-order valence-electron chi connectivity index (χ3n) is 2.52. The highest BCUT2D eigenvalue weighted by atomic mass is 80.0. The minimum absolute atomic E-state index is 0.209. The van der Waals surface area contributed by atoms with E-state index in [-0.39, 0.29) is 11.8 Å². The lowest BCUT2D eigenvalue weighted by Crippen LogP contribution is -2.44. The Hall–Kier alpha value is 0.0900. The molecule has 0 fully saturated rings. The van der Waals surface area contributed by atoms with Crippen molar-refractivity contribution in [3.05, 3.63) is 35.9 Å². The molecule has 0 saturated carbocycles. The van der Waals surface area contributed by atoms with Gasteiger partial charge in [-0.1, -0.05) is 85.0 Å². The van der Waals surface area contributed by atoms with Gasteiger partial charge in [0, 0.05) is 0 Å². The molecule has 0 aromatic heterocycles. The van der Waals surface area contributed by atoms with Crippen LogP contribution in [-0.2, 0) is 4.79 Å². The van der Waals surface area contributed by atoms with Crippen molar-refractivity contribution in [2.45, 2.75) is 27.6 Å². The Bertz CT molecular complexity index is 392. The molecule has 6 heteroatoms. The van der Waals surface area contributed by atoms with Gasteiger partial charge in [0.25, 0.3) is 0 Å². The van der Waals surface area contributed by atoms with Crippen LogP contribution in [0.25, 0.3) is 0 Å². The van der Waals surface area contributed by atoms with Gasteiger partial charge in [0.2, 0.25) is 5.91 Å². The SMILES string of the molecule is CC[C@H](C(=O)N[C@H](O)C(Br)(Br)Br)c1ccccc1. The van der Waals surface area contributed by atoms with E-state index in [2.05, 4.69) is 53.1 Å². The smallest absolute Gasteiger partial charge is 0.229 e.